The summed E-state index contributed by atoms with van der Waals surface area (Å²) in [6.07, 6.45) is 0. The van der Waals surface area contributed by atoms with E-state index in [1.54, 1.807) is 12.1 Å². The highest BCUT2D eigenvalue weighted by molar-refractivity contribution is 9.10. The number of ether oxygens (including phenoxy) is 1. The second kappa shape index (κ2) is 6.86. The molecule has 2 aromatic rings. The third kappa shape index (κ3) is 3.81. The van der Waals surface area contributed by atoms with Gasteiger partial charge in [0.1, 0.15) is 11.6 Å². The largest absolute Gasteiger partial charge is 0.497 e. The predicted molar refractivity (Wildman–Crippen MR) is 82.3 cm³/mol. The maximum Gasteiger partial charge on any atom is 0.131 e. The van der Waals surface area contributed by atoms with Crippen molar-refractivity contribution < 1.29 is 9.13 Å². The molecule has 0 radical (unpaired) electrons. The number of halogens is 2. The monoisotopic (exact) mass is 337 g/mol. The summed E-state index contributed by atoms with van der Waals surface area (Å²) in [5.41, 5.74) is 1.79. The van der Waals surface area contributed by atoms with E-state index >= 15 is 0 Å². The molecule has 2 rings (SSSR count). The zero-order chi connectivity index (χ0) is 14.5. The summed E-state index contributed by atoms with van der Waals surface area (Å²) in [7, 11) is 1.53. The van der Waals surface area contributed by atoms with E-state index in [1.165, 1.54) is 13.2 Å². The van der Waals surface area contributed by atoms with Crippen LogP contribution in [0.3, 0.4) is 0 Å². The van der Waals surface area contributed by atoms with E-state index in [9.17, 15) is 4.39 Å². The van der Waals surface area contributed by atoms with Crippen LogP contribution >= 0.6 is 15.9 Å². The molecule has 0 heterocycles. The Morgan fingerprint density at radius 2 is 2.05 bits per heavy atom. The Labute approximate surface area is 127 Å². The topological polar surface area (TPSA) is 21.3 Å². The lowest BCUT2D eigenvalue weighted by Crippen LogP contribution is -2.19. The van der Waals surface area contributed by atoms with Crippen molar-refractivity contribution in [2.75, 3.05) is 7.11 Å². The number of hydrogen-bond donors (Lipinski definition) is 1. The number of rotatable bonds is 5. The molecule has 0 bridgehead atoms. The van der Waals surface area contributed by atoms with Crippen molar-refractivity contribution in [2.24, 2.45) is 0 Å². The van der Waals surface area contributed by atoms with Gasteiger partial charge in [-0.2, -0.15) is 0 Å². The molecule has 0 aliphatic rings. The second-order valence-electron chi connectivity index (χ2n) is 4.62. The van der Waals surface area contributed by atoms with Gasteiger partial charge in [-0.1, -0.05) is 34.1 Å². The van der Waals surface area contributed by atoms with E-state index in [0.717, 1.165) is 10.0 Å². The lowest BCUT2D eigenvalue weighted by molar-refractivity contribution is 0.409. The molecule has 0 spiro atoms. The van der Waals surface area contributed by atoms with Crippen LogP contribution in [-0.4, -0.2) is 7.11 Å². The van der Waals surface area contributed by atoms with Crippen molar-refractivity contribution >= 4 is 15.9 Å². The fourth-order valence-electron chi connectivity index (χ4n) is 2.01. The standard InChI is InChI=1S/C16H17BrFNO/c1-11(15-7-6-14(20-2)9-16(15)18)19-10-12-4-3-5-13(17)8-12/h3-9,11,19H,10H2,1-2H3. The lowest BCUT2D eigenvalue weighted by Gasteiger charge is -2.16. The first-order valence-corrected chi connectivity index (χ1v) is 7.20. The molecule has 0 amide bonds. The van der Waals surface area contributed by atoms with Gasteiger partial charge in [-0.15, -0.1) is 0 Å². The molecule has 0 fully saturated rings. The van der Waals surface area contributed by atoms with Gasteiger partial charge in [-0.05, 0) is 30.7 Å². The van der Waals surface area contributed by atoms with Crippen LogP contribution in [0.1, 0.15) is 24.1 Å². The zero-order valence-corrected chi connectivity index (χ0v) is 13.1. The number of benzene rings is 2. The molecule has 0 aliphatic heterocycles. The summed E-state index contributed by atoms with van der Waals surface area (Å²) < 4.78 is 20.0. The average molecular weight is 338 g/mol. The third-order valence-corrected chi connectivity index (χ3v) is 3.67. The van der Waals surface area contributed by atoms with Crippen molar-refractivity contribution in [3.8, 4) is 5.75 Å². The van der Waals surface area contributed by atoms with Gasteiger partial charge < -0.3 is 10.1 Å². The molecule has 4 heteroatoms. The minimum atomic E-state index is -0.251. The Kier molecular flexibility index (Phi) is 5.15. The van der Waals surface area contributed by atoms with E-state index in [2.05, 4.69) is 21.2 Å². The lowest BCUT2D eigenvalue weighted by atomic mass is 10.1. The Hall–Kier alpha value is -1.39. The molecule has 0 saturated heterocycles. The van der Waals surface area contributed by atoms with E-state index in [4.69, 9.17) is 4.74 Å². The van der Waals surface area contributed by atoms with Gasteiger partial charge in [0.2, 0.25) is 0 Å². The van der Waals surface area contributed by atoms with Gasteiger partial charge in [0.15, 0.2) is 0 Å². The molecule has 2 aromatic carbocycles. The van der Waals surface area contributed by atoms with Crippen molar-refractivity contribution in [3.05, 3.63) is 63.9 Å². The van der Waals surface area contributed by atoms with Gasteiger partial charge in [0.05, 0.1) is 7.11 Å². The Balaban J connectivity index is 2.03. The van der Waals surface area contributed by atoms with E-state index < -0.39 is 0 Å². The summed E-state index contributed by atoms with van der Waals surface area (Å²) in [5, 5.41) is 3.32. The van der Waals surface area contributed by atoms with Crippen LogP contribution in [0.25, 0.3) is 0 Å². The molecule has 106 valence electrons. The van der Waals surface area contributed by atoms with E-state index in [0.29, 0.717) is 17.9 Å². The van der Waals surface area contributed by atoms with Gasteiger partial charge in [0, 0.05) is 28.7 Å². The Morgan fingerprint density at radius 3 is 2.70 bits per heavy atom. The van der Waals surface area contributed by atoms with Crippen molar-refractivity contribution in [1.82, 2.24) is 5.32 Å². The molecule has 1 unspecified atom stereocenters. The van der Waals surface area contributed by atoms with Gasteiger partial charge >= 0.3 is 0 Å². The summed E-state index contributed by atoms with van der Waals surface area (Å²) in [5.74, 6) is 0.282. The summed E-state index contributed by atoms with van der Waals surface area (Å²) >= 11 is 3.44. The van der Waals surface area contributed by atoms with Crippen LogP contribution in [0.4, 0.5) is 4.39 Å². The van der Waals surface area contributed by atoms with Crippen LogP contribution in [0, 0.1) is 5.82 Å². The van der Waals surface area contributed by atoms with Crippen LogP contribution in [0.5, 0.6) is 5.75 Å². The van der Waals surface area contributed by atoms with Crippen molar-refractivity contribution in [1.29, 1.82) is 0 Å². The first-order chi connectivity index (χ1) is 9.60. The van der Waals surface area contributed by atoms with E-state index in [1.807, 2.05) is 31.2 Å². The Bertz CT molecular complexity index is 588. The smallest absolute Gasteiger partial charge is 0.131 e. The highest BCUT2D eigenvalue weighted by atomic mass is 79.9. The Morgan fingerprint density at radius 1 is 1.25 bits per heavy atom. The van der Waals surface area contributed by atoms with Crippen LogP contribution in [0.15, 0.2) is 46.9 Å². The van der Waals surface area contributed by atoms with Crippen molar-refractivity contribution in [3.63, 3.8) is 0 Å². The van der Waals surface area contributed by atoms with Gasteiger partial charge in [-0.25, -0.2) is 4.39 Å². The highest BCUT2D eigenvalue weighted by Crippen LogP contribution is 2.22. The molecule has 0 saturated carbocycles. The normalized spacial score (nSPS) is 12.2. The molecule has 0 aromatic heterocycles. The summed E-state index contributed by atoms with van der Waals surface area (Å²) in [6.45, 7) is 2.63. The molecule has 2 nitrogen and oxygen atoms in total. The molecule has 1 atom stereocenters. The van der Waals surface area contributed by atoms with Crippen LogP contribution in [-0.2, 0) is 6.54 Å². The minimum Gasteiger partial charge on any atom is -0.497 e. The summed E-state index contributed by atoms with van der Waals surface area (Å²) in [6, 6.07) is 12.9. The molecule has 0 aliphatic carbocycles. The molecular weight excluding hydrogens is 321 g/mol. The molecule has 1 N–H and O–H groups in total. The second-order valence-corrected chi connectivity index (χ2v) is 5.54. The maximum absolute atomic E-state index is 13.9. The van der Waals surface area contributed by atoms with E-state index in [-0.39, 0.29) is 11.9 Å². The maximum atomic E-state index is 13.9. The number of methoxy groups -OCH3 is 1. The summed E-state index contributed by atoms with van der Waals surface area (Å²) in [4.78, 5) is 0. The zero-order valence-electron chi connectivity index (χ0n) is 11.5. The number of nitrogens with one attached hydrogen (secondary N) is 1. The predicted octanol–water partition coefficient (Wildman–Crippen LogP) is 4.45. The van der Waals surface area contributed by atoms with Gasteiger partial charge in [-0.3, -0.25) is 0 Å². The first-order valence-electron chi connectivity index (χ1n) is 6.41. The fourth-order valence-corrected chi connectivity index (χ4v) is 2.46. The van der Waals surface area contributed by atoms with Crippen LogP contribution in [0.2, 0.25) is 0 Å². The van der Waals surface area contributed by atoms with Crippen LogP contribution < -0.4 is 10.1 Å². The fraction of sp³-hybridized carbons (Fsp3) is 0.250. The van der Waals surface area contributed by atoms with Gasteiger partial charge in [0.25, 0.3) is 0 Å². The molecule has 20 heavy (non-hydrogen) atoms. The SMILES string of the molecule is COc1ccc(C(C)NCc2cccc(Br)c2)c(F)c1. The highest BCUT2D eigenvalue weighted by Gasteiger charge is 2.11. The quantitative estimate of drug-likeness (QED) is 0.870. The average Bonchev–Trinajstić information content (AvgIpc) is 2.44. The number of hydrogen-bond acceptors (Lipinski definition) is 2. The first kappa shape index (κ1) is 15.0. The minimum absolute atomic E-state index is 0.0695. The third-order valence-electron chi connectivity index (χ3n) is 3.18. The van der Waals surface area contributed by atoms with Crippen molar-refractivity contribution in [2.45, 2.75) is 19.5 Å². The molecular formula is C16H17BrFNO.